The molecular formula is C26H32ClF3N4O4. The molecule has 2 atom stereocenters. The molecule has 2 aromatic rings. The molecule has 0 radical (unpaired) electrons. The first-order valence-electron chi connectivity index (χ1n) is 12.8. The van der Waals surface area contributed by atoms with Gasteiger partial charge in [0.05, 0.1) is 34.2 Å². The van der Waals surface area contributed by atoms with Crippen LogP contribution in [0, 0.1) is 5.92 Å². The molecule has 12 heteroatoms. The highest BCUT2D eigenvalue weighted by atomic mass is 35.5. The molecule has 1 aromatic carbocycles. The quantitative estimate of drug-likeness (QED) is 0.381. The number of aromatic amines is 1. The molecule has 38 heavy (non-hydrogen) atoms. The summed E-state index contributed by atoms with van der Waals surface area (Å²) in [6.45, 7) is 5.46. The summed E-state index contributed by atoms with van der Waals surface area (Å²) in [5, 5.41) is 17.5. The molecular weight excluding hydrogens is 525 g/mol. The van der Waals surface area contributed by atoms with Crippen LogP contribution in [0.1, 0.15) is 80.0 Å². The zero-order chi connectivity index (χ0) is 27.6. The number of carbonyl (C=O) groups is 2. The zero-order valence-electron chi connectivity index (χ0n) is 21.3. The molecule has 0 spiro atoms. The molecule has 1 aliphatic heterocycles. The molecule has 1 saturated heterocycles. The van der Waals surface area contributed by atoms with Crippen molar-refractivity contribution < 1.29 is 32.6 Å². The molecule has 1 aromatic heterocycles. The van der Waals surface area contributed by atoms with Gasteiger partial charge in [0.2, 0.25) is 5.91 Å². The summed E-state index contributed by atoms with van der Waals surface area (Å²) in [5.74, 6) is -0.321. The van der Waals surface area contributed by atoms with Crippen molar-refractivity contribution >= 4 is 34.9 Å². The predicted octanol–water partition coefficient (Wildman–Crippen LogP) is 6.09. The van der Waals surface area contributed by atoms with Gasteiger partial charge >= 0.3 is 12.1 Å². The Kier molecular flexibility index (Phi) is 8.56. The number of ether oxygens (including phenoxy) is 1. The second-order valence-electron chi connectivity index (χ2n) is 10.3. The molecule has 3 aliphatic rings. The fourth-order valence-electron chi connectivity index (χ4n) is 4.53. The van der Waals surface area contributed by atoms with E-state index in [0.29, 0.717) is 23.7 Å². The Morgan fingerprint density at radius 2 is 1.84 bits per heavy atom. The lowest BCUT2D eigenvalue weighted by Crippen LogP contribution is -2.45. The summed E-state index contributed by atoms with van der Waals surface area (Å²) in [4.78, 5) is 25.8. The molecule has 2 saturated carbocycles. The summed E-state index contributed by atoms with van der Waals surface area (Å²) in [5.41, 5.74) is 0.760. The Labute approximate surface area is 223 Å². The molecule has 0 bridgehead atoms. The molecule has 2 aliphatic carbocycles. The third-order valence-electron chi connectivity index (χ3n) is 6.76. The molecule has 3 fully saturated rings. The Hall–Kier alpha value is -2.79. The summed E-state index contributed by atoms with van der Waals surface area (Å²) < 4.78 is 42.3. The number of halogens is 4. The van der Waals surface area contributed by atoms with Crippen molar-refractivity contribution in [2.45, 2.75) is 76.7 Å². The minimum Gasteiger partial charge on any atom is -0.478 e. The van der Waals surface area contributed by atoms with Gasteiger partial charge in [-0.2, -0.15) is 18.3 Å². The van der Waals surface area contributed by atoms with Crippen LogP contribution in [0.25, 0.3) is 0 Å². The van der Waals surface area contributed by atoms with E-state index in [-0.39, 0.29) is 34.6 Å². The zero-order valence-corrected chi connectivity index (χ0v) is 22.0. The number of hydrogen-bond donors (Lipinski definition) is 3. The number of H-pyrrole nitrogens is 1. The van der Waals surface area contributed by atoms with Crippen molar-refractivity contribution in [1.82, 2.24) is 10.2 Å². The Morgan fingerprint density at radius 3 is 2.37 bits per heavy atom. The standard InChI is InChI=1S/C19H26N2O4.C7H6ClF3N2/c1-12-10-21(11-13(2)25-12)15-6-7-17(16(9-15)19(23)24)20-18(22)8-5-14-3-4-14;8-4-5(3-1-2-3)12-13-6(4)7(9,10)11/h6-7,9,12-14H,3-5,8,10-11H2,1-2H3,(H,20,22)(H,23,24);3H,1-2H2,(H,12,13)/t12-,13?;/m0./s1. The van der Waals surface area contributed by atoms with E-state index in [1.165, 1.54) is 12.8 Å². The Balaban J connectivity index is 0.000000216. The van der Waals surface area contributed by atoms with Crippen LogP contribution in [-0.2, 0) is 15.7 Å². The van der Waals surface area contributed by atoms with Crippen molar-refractivity contribution in [1.29, 1.82) is 0 Å². The Morgan fingerprint density at radius 1 is 1.18 bits per heavy atom. The average molecular weight is 557 g/mol. The van der Waals surface area contributed by atoms with E-state index in [0.717, 1.165) is 38.0 Å². The second-order valence-corrected chi connectivity index (χ2v) is 10.7. The Bertz CT molecular complexity index is 1150. The van der Waals surface area contributed by atoms with Gasteiger partial charge in [0.1, 0.15) is 0 Å². The number of benzene rings is 1. The number of alkyl halides is 3. The number of aromatic carboxylic acids is 1. The van der Waals surface area contributed by atoms with E-state index in [2.05, 4.69) is 20.4 Å². The number of nitrogens with one attached hydrogen (secondary N) is 2. The van der Waals surface area contributed by atoms with Crippen molar-refractivity contribution in [3.8, 4) is 0 Å². The van der Waals surface area contributed by atoms with Gasteiger partial charge in [-0.05, 0) is 57.2 Å². The monoisotopic (exact) mass is 556 g/mol. The summed E-state index contributed by atoms with van der Waals surface area (Å²) in [7, 11) is 0. The highest BCUT2D eigenvalue weighted by Crippen LogP contribution is 2.45. The number of morpholine rings is 1. The van der Waals surface area contributed by atoms with Gasteiger partial charge in [-0.15, -0.1) is 0 Å². The predicted molar refractivity (Wildman–Crippen MR) is 137 cm³/mol. The lowest BCUT2D eigenvalue weighted by molar-refractivity contribution is -0.141. The van der Waals surface area contributed by atoms with E-state index in [9.17, 15) is 27.9 Å². The number of carboxylic acids is 1. The maximum atomic E-state index is 12.2. The number of nitrogens with zero attached hydrogens (tertiary/aromatic N) is 2. The minimum atomic E-state index is -4.46. The molecule has 5 rings (SSSR count). The van der Waals surface area contributed by atoms with Gasteiger partial charge in [0, 0.05) is 31.1 Å². The van der Waals surface area contributed by atoms with Crippen LogP contribution in [0.4, 0.5) is 24.5 Å². The lowest BCUT2D eigenvalue weighted by Gasteiger charge is -2.37. The normalized spacial score (nSPS) is 21.5. The first-order valence-corrected chi connectivity index (χ1v) is 13.2. The van der Waals surface area contributed by atoms with Crippen LogP contribution in [0.3, 0.4) is 0 Å². The largest absolute Gasteiger partial charge is 0.478 e. The molecule has 2 heterocycles. The van der Waals surface area contributed by atoms with Gasteiger partial charge in [-0.25, -0.2) is 4.79 Å². The van der Waals surface area contributed by atoms with Crippen molar-refractivity contribution in [3.05, 3.63) is 40.2 Å². The molecule has 3 N–H and O–H groups in total. The van der Waals surface area contributed by atoms with Crippen LogP contribution in [0.5, 0.6) is 0 Å². The highest BCUT2D eigenvalue weighted by molar-refractivity contribution is 6.32. The van der Waals surface area contributed by atoms with Gasteiger partial charge in [0.15, 0.2) is 5.69 Å². The first-order chi connectivity index (χ1) is 17.9. The van der Waals surface area contributed by atoms with Crippen molar-refractivity contribution in [3.63, 3.8) is 0 Å². The van der Waals surface area contributed by atoms with Crippen LogP contribution in [0.2, 0.25) is 5.02 Å². The van der Waals surface area contributed by atoms with Gasteiger partial charge < -0.3 is 20.1 Å². The smallest absolute Gasteiger partial charge is 0.436 e. The van der Waals surface area contributed by atoms with E-state index in [4.69, 9.17) is 16.3 Å². The van der Waals surface area contributed by atoms with E-state index < -0.39 is 17.8 Å². The SMILES string of the molecule is CC1CN(c2ccc(NC(=O)CCC3CC3)c(C(=O)O)c2)C[C@H](C)O1.FC(F)(F)c1n[nH]c(C2CC2)c1Cl. The third-order valence-corrected chi connectivity index (χ3v) is 7.14. The topological polar surface area (TPSA) is 108 Å². The molecule has 208 valence electrons. The lowest BCUT2D eigenvalue weighted by atomic mass is 10.1. The van der Waals surface area contributed by atoms with Gasteiger partial charge in [-0.1, -0.05) is 24.4 Å². The highest BCUT2D eigenvalue weighted by Gasteiger charge is 2.40. The summed E-state index contributed by atoms with van der Waals surface area (Å²) >= 11 is 5.53. The van der Waals surface area contributed by atoms with Crippen LogP contribution in [0.15, 0.2) is 18.2 Å². The minimum absolute atomic E-state index is 0.0961. The average Bonchev–Trinajstić information content (AvgIpc) is 3.76. The summed E-state index contributed by atoms with van der Waals surface area (Å²) in [6, 6.07) is 5.20. The number of anilines is 2. The van der Waals surface area contributed by atoms with Gasteiger partial charge in [-0.3, -0.25) is 9.89 Å². The number of carbonyl (C=O) groups excluding carboxylic acids is 1. The third kappa shape index (κ3) is 7.41. The van der Waals surface area contributed by atoms with E-state index in [1.54, 1.807) is 12.1 Å². The second kappa shape index (κ2) is 11.5. The number of carboxylic acid groups (broad SMARTS) is 1. The van der Waals surface area contributed by atoms with Crippen LogP contribution >= 0.6 is 11.6 Å². The maximum Gasteiger partial charge on any atom is 0.436 e. The first kappa shape index (κ1) is 28.2. The molecule has 8 nitrogen and oxygen atoms in total. The van der Waals surface area contributed by atoms with Crippen LogP contribution < -0.4 is 10.2 Å². The van der Waals surface area contributed by atoms with Crippen molar-refractivity contribution in [2.75, 3.05) is 23.3 Å². The van der Waals surface area contributed by atoms with Crippen molar-refractivity contribution in [2.24, 2.45) is 5.92 Å². The summed E-state index contributed by atoms with van der Waals surface area (Å²) in [6.07, 6.45) is 1.26. The van der Waals surface area contributed by atoms with E-state index >= 15 is 0 Å². The number of amides is 1. The fourth-order valence-corrected chi connectivity index (χ4v) is 4.88. The van der Waals surface area contributed by atoms with Crippen LogP contribution in [-0.4, -0.2) is 52.5 Å². The maximum absolute atomic E-state index is 12.2. The number of rotatable bonds is 7. The fraction of sp³-hybridized carbons (Fsp3) is 0.577. The number of aromatic nitrogens is 2. The van der Waals surface area contributed by atoms with Gasteiger partial charge in [0.25, 0.3) is 0 Å². The molecule has 1 unspecified atom stereocenters. The number of hydrogen-bond acceptors (Lipinski definition) is 5. The molecule has 1 amide bonds. The van der Waals surface area contributed by atoms with E-state index in [1.807, 2.05) is 19.9 Å².